The van der Waals surface area contributed by atoms with Crippen LogP contribution in [-0.2, 0) is 11.3 Å². The lowest BCUT2D eigenvalue weighted by Gasteiger charge is -2.10. The van der Waals surface area contributed by atoms with E-state index in [1.54, 1.807) is 6.07 Å². The summed E-state index contributed by atoms with van der Waals surface area (Å²) >= 11 is 0. The molecule has 2 rings (SSSR count). The van der Waals surface area contributed by atoms with Gasteiger partial charge in [0.25, 0.3) is 5.56 Å². The van der Waals surface area contributed by atoms with E-state index in [4.69, 9.17) is 5.11 Å². The van der Waals surface area contributed by atoms with Crippen molar-refractivity contribution >= 4 is 16.8 Å². The van der Waals surface area contributed by atoms with Crippen molar-refractivity contribution in [3.05, 3.63) is 40.4 Å². The summed E-state index contributed by atoms with van der Waals surface area (Å²) in [6.45, 7) is 4.51. The Kier molecular flexibility index (Phi) is 5.27. The number of aromatic nitrogens is 2. The Balaban J connectivity index is 2.05. The van der Waals surface area contributed by atoms with Gasteiger partial charge in [-0.05, 0) is 24.5 Å². The molecule has 6 nitrogen and oxygen atoms in total. The summed E-state index contributed by atoms with van der Waals surface area (Å²) in [6.07, 6.45) is 1.69. The van der Waals surface area contributed by atoms with Gasteiger partial charge in [-0.3, -0.25) is 14.2 Å². The molecule has 22 heavy (non-hydrogen) atoms. The molecule has 1 aromatic heterocycles. The van der Waals surface area contributed by atoms with E-state index >= 15 is 0 Å². The van der Waals surface area contributed by atoms with Gasteiger partial charge in [-0.1, -0.05) is 19.1 Å². The van der Waals surface area contributed by atoms with Crippen LogP contribution in [-0.4, -0.2) is 33.7 Å². The van der Waals surface area contributed by atoms with Gasteiger partial charge in [0.15, 0.2) is 0 Å². The van der Waals surface area contributed by atoms with E-state index in [1.165, 1.54) is 10.9 Å². The van der Waals surface area contributed by atoms with Gasteiger partial charge in [-0.2, -0.15) is 0 Å². The van der Waals surface area contributed by atoms with E-state index in [0.717, 1.165) is 5.56 Å². The number of hydrogen-bond donors (Lipinski definition) is 2. The number of carbonyl (C=O) groups is 1. The summed E-state index contributed by atoms with van der Waals surface area (Å²) in [5, 5.41) is 12.2. The maximum atomic E-state index is 12.4. The molecule has 0 fully saturated rings. The molecular weight excluding hydrogens is 282 g/mol. The fourth-order valence-electron chi connectivity index (χ4n) is 2.16. The minimum Gasteiger partial charge on any atom is -0.396 e. The molecule has 0 saturated heterocycles. The molecule has 2 N–H and O–H groups in total. The number of rotatable bonds is 6. The van der Waals surface area contributed by atoms with Crippen LogP contribution in [0.4, 0.5) is 0 Å². The number of carbonyl (C=O) groups excluding carboxylic acids is 1. The normalized spacial score (nSPS) is 12.3. The maximum absolute atomic E-state index is 12.4. The van der Waals surface area contributed by atoms with Crippen molar-refractivity contribution in [2.75, 3.05) is 13.2 Å². The number of fused-ring (bicyclic) bond motifs is 1. The topological polar surface area (TPSA) is 84.2 Å². The molecule has 1 heterocycles. The van der Waals surface area contributed by atoms with Crippen molar-refractivity contribution in [1.82, 2.24) is 14.9 Å². The molecule has 0 aliphatic heterocycles. The van der Waals surface area contributed by atoms with E-state index in [9.17, 15) is 9.59 Å². The molecule has 0 aliphatic rings. The van der Waals surface area contributed by atoms with Crippen LogP contribution in [0.5, 0.6) is 0 Å². The quantitative estimate of drug-likeness (QED) is 0.828. The zero-order valence-corrected chi connectivity index (χ0v) is 12.9. The summed E-state index contributed by atoms with van der Waals surface area (Å²) in [7, 11) is 0. The fraction of sp³-hybridized carbons (Fsp3) is 0.438. The number of para-hydroxylation sites is 1. The summed E-state index contributed by atoms with van der Waals surface area (Å²) in [4.78, 5) is 28.4. The van der Waals surface area contributed by atoms with Crippen LogP contribution in [0.3, 0.4) is 0 Å². The smallest absolute Gasteiger partial charge is 0.261 e. The fourth-order valence-corrected chi connectivity index (χ4v) is 2.16. The number of aliphatic hydroxyl groups is 1. The second-order valence-corrected chi connectivity index (χ2v) is 5.56. The Morgan fingerprint density at radius 3 is 2.95 bits per heavy atom. The minimum absolute atomic E-state index is 0.0250. The number of hydrogen-bond acceptors (Lipinski definition) is 4. The molecule has 0 spiro atoms. The Hall–Kier alpha value is -2.21. The predicted molar refractivity (Wildman–Crippen MR) is 84.6 cm³/mol. The first-order valence-electron chi connectivity index (χ1n) is 7.35. The average Bonchev–Trinajstić information content (AvgIpc) is 2.52. The summed E-state index contributed by atoms with van der Waals surface area (Å²) < 4.78 is 1.46. The number of aliphatic hydroxyl groups excluding tert-OH is 1. The second kappa shape index (κ2) is 7.17. The number of nitrogens with one attached hydrogen (secondary N) is 1. The molecule has 118 valence electrons. The SMILES string of the molecule is Cc1cccc2c(=O)n(CCC(=O)NCC(C)CO)cnc12. The molecule has 2 aromatic rings. The van der Waals surface area contributed by atoms with Crippen molar-refractivity contribution in [2.45, 2.75) is 26.8 Å². The van der Waals surface area contributed by atoms with Crippen molar-refractivity contribution < 1.29 is 9.90 Å². The Labute approximate surface area is 128 Å². The van der Waals surface area contributed by atoms with Gasteiger partial charge in [0, 0.05) is 26.1 Å². The maximum Gasteiger partial charge on any atom is 0.261 e. The third-order valence-corrected chi connectivity index (χ3v) is 3.59. The number of nitrogens with zero attached hydrogens (tertiary/aromatic N) is 2. The van der Waals surface area contributed by atoms with Crippen LogP contribution in [0.1, 0.15) is 18.9 Å². The Morgan fingerprint density at radius 1 is 1.45 bits per heavy atom. The molecule has 0 saturated carbocycles. The van der Waals surface area contributed by atoms with E-state index in [-0.39, 0.29) is 37.0 Å². The van der Waals surface area contributed by atoms with Crippen molar-refractivity contribution in [2.24, 2.45) is 5.92 Å². The summed E-state index contributed by atoms with van der Waals surface area (Å²) in [6, 6.07) is 5.49. The minimum atomic E-state index is -0.142. The molecule has 6 heteroatoms. The van der Waals surface area contributed by atoms with Gasteiger partial charge in [-0.15, -0.1) is 0 Å². The molecule has 1 atom stereocenters. The average molecular weight is 303 g/mol. The van der Waals surface area contributed by atoms with Crippen LogP contribution in [0.2, 0.25) is 0 Å². The highest BCUT2D eigenvalue weighted by molar-refractivity contribution is 5.80. The lowest BCUT2D eigenvalue weighted by Crippen LogP contribution is -2.31. The molecule has 0 aliphatic carbocycles. The number of aryl methyl sites for hydroxylation is 2. The van der Waals surface area contributed by atoms with Gasteiger partial charge in [-0.25, -0.2) is 4.98 Å². The summed E-state index contributed by atoms with van der Waals surface area (Å²) in [5.74, 6) is -0.117. The van der Waals surface area contributed by atoms with Crippen LogP contribution in [0, 0.1) is 12.8 Å². The van der Waals surface area contributed by atoms with Gasteiger partial charge in [0.2, 0.25) is 5.91 Å². The highest BCUT2D eigenvalue weighted by atomic mass is 16.3. The highest BCUT2D eigenvalue weighted by Crippen LogP contribution is 2.11. The van der Waals surface area contributed by atoms with Gasteiger partial charge in [0.1, 0.15) is 0 Å². The zero-order chi connectivity index (χ0) is 16.1. The van der Waals surface area contributed by atoms with Crippen molar-refractivity contribution in [1.29, 1.82) is 0 Å². The number of amides is 1. The predicted octanol–water partition coefficient (Wildman–Crippen LogP) is 0.840. The first kappa shape index (κ1) is 16.2. The highest BCUT2D eigenvalue weighted by Gasteiger charge is 2.08. The first-order valence-corrected chi connectivity index (χ1v) is 7.35. The Bertz CT molecular complexity index is 724. The molecule has 1 aromatic carbocycles. The molecule has 0 radical (unpaired) electrons. The van der Waals surface area contributed by atoms with E-state index in [0.29, 0.717) is 17.4 Å². The lowest BCUT2D eigenvalue weighted by molar-refractivity contribution is -0.121. The standard InChI is InChI=1S/C16H21N3O3/c1-11(9-20)8-17-14(21)6-7-19-10-18-15-12(2)4-3-5-13(15)16(19)22/h3-5,10-11,20H,6-9H2,1-2H3,(H,17,21). The molecule has 1 amide bonds. The lowest BCUT2D eigenvalue weighted by atomic mass is 10.1. The third kappa shape index (κ3) is 3.71. The van der Waals surface area contributed by atoms with Crippen LogP contribution < -0.4 is 10.9 Å². The van der Waals surface area contributed by atoms with Gasteiger partial charge >= 0.3 is 0 Å². The third-order valence-electron chi connectivity index (χ3n) is 3.59. The number of benzene rings is 1. The first-order chi connectivity index (χ1) is 10.5. The second-order valence-electron chi connectivity index (χ2n) is 5.56. The molecule has 0 bridgehead atoms. The monoisotopic (exact) mass is 303 g/mol. The van der Waals surface area contributed by atoms with Gasteiger partial charge in [0.05, 0.1) is 17.2 Å². The van der Waals surface area contributed by atoms with Crippen LogP contribution >= 0.6 is 0 Å². The molecule has 1 unspecified atom stereocenters. The Morgan fingerprint density at radius 2 is 2.23 bits per heavy atom. The van der Waals surface area contributed by atoms with Crippen LogP contribution in [0.25, 0.3) is 10.9 Å². The molecular formula is C16H21N3O3. The largest absolute Gasteiger partial charge is 0.396 e. The van der Waals surface area contributed by atoms with Crippen molar-refractivity contribution in [3.8, 4) is 0 Å². The van der Waals surface area contributed by atoms with Crippen molar-refractivity contribution in [3.63, 3.8) is 0 Å². The summed E-state index contributed by atoms with van der Waals surface area (Å²) in [5.41, 5.74) is 1.52. The zero-order valence-electron chi connectivity index (χ0n) is 12.9. The van der Waals surface area contributed by atoms with Gasteiger partial charge < -0.3 is 10.4 Å². The van der Waals surface area contributed by atoms with E-state index < -0.39 is 0 Å². The van der Waals surface area contributed by atoms with E-state index in [2.05, 4.69) is 10.3 Å². The van der Waals surface area contributed by atoms with E-state index in [1.807, 2.05) is 26.0 Å². The van der Waals surface area contributed by atoms with Crippen LogP contribution in [0.15, 0.2) is 29.3 Å².